The molecule has 4 fully saturated rings. The monoisotopic (exact) mass is 1590 g/mol. The zero-order chi connectivity index (χ0) is 77.8. The SMILES string of the molecule is CC1(C)C[C@H](CCC(Nc2cccc(S(=O)(=O)NC(=O)c3ccc(-n4ccc(OCCC5(C(F)(F)F)CC5)n4)nc3Cl)n2)c2cncnc2)CN1.CC1(C)C[C@H](CCC(Nc2cccc(S(=O)(=O)NC(=O)c3ccc(-n4ccc(OCCC5(C(F)(F)F)CC5)n4)nc3Cl)n2)c2cncnc2)CN1C(=O)C(F)(F)F. The van der Waals surface area contributed by atoms with Gasteiger partial charge in [0.1, 0.15) is 34.6 Å². The number of carbonyl (C=O) groups is 3. The van der Waals surface area contributed by atoms with E-state index in [0.717, 1.165) is 42.3 Å². The summed E-state index contributed by atoms with van der Waals surface area (Å²) in [7, 11) is -9.03. The van der Waals surface area contributed by atoms with E-state index in [1.165, 1.54) is 107 Å². The number of pyridine rings is 4. The number of rotatable bonds is 28. The zero-order valence-electron chi connectivity index (χ0n) is 58.1. The Morgan fingerprint density at radius 1 is 0.583 bits per heavy atom. The molecule has 578 valence electrons. The molecule has 2 saturated carbocycles. The molecular weight excluding hydrogens is 1520 g/mol. The lowest BCUT2D eigenvalue weighted by atomic mass is 9.91. The van der Waals surface area contributed by atoms with Crippen LogP contribution in [-0.4, -0.2) is 155 Å². The number of likely N-dealkylation sites (tertiary alicyclic amines) is 1. The molecule has 2 aliphatic carbocycles. The molecule has 27 nitrogen and oxygen atoms in total. The van der Waals surface area contributed by atoms with Crippen LogP contribution in [0, 0.1) is 22.7 Å². The number of ether oxygens (including phenoxy) is 2. The fourth-order valence-corrected chi connectivity index (χ4v) is 15.3. The summed E-state index contributed by atoms with van der Waals surface area (Å²) in [5.41, 5.74) is -3.47. The van der Waals surface area contributed by atoms with Gasteiger partial charge in [-0.15, -0.1) is 10.2 Å². The molecule has 5 N–H and O–H groups in total. The quantitative estimate of drug-likeness (QED) is 0.0225. The Kier molecular flexibility index (Phi) is 23.3. The second kappa shape index (κ2) is 31.7. The van der Waals surface area contributed by atoms with E-state index in [9.17, 15) is 70.7 Å². The molecule has 108 heavy (non-hydrogen) atoms. The number of alkyl halides is 9. The molecule has 8 aromatic heterocycles. The molecule has 40 heteroatoms. The van der Waals surface area contributed by atoms with Gasteiger partial charge in [0.25, 0.3) is 31.9 Å². The van der Waals surface area contributed by atoms with E-state index in [-0.39, 0.29) is 132 Å². The summed E-state index contributed by atoms with van der Waals surface area (Å²) >= 11 is 12.6. The molecule has 10 heterocycles. The lowest BCUT2D eigenvalue weighted by molar-refractivity contribution is -0.190. The number of aromatic nitrogens is 12. The van der Waals surface area contributed by atoms with Gasteiger partial charge in [-0.1, -0.05) is 35.3 Å². The number of carbonyl (C=O) groups excluding carboxylic acids is 3. The second-order valence-corrected chi connectivity index (χ2v) is 32.1. The Morgan fingerprint density at radius 2 is 1.01 bits per heavy atom. The van der Waals surface area contributed by atoms with Gasteiger partial charge in [-0.05, 0) is 172 Å². The fourth-order valence-electron chi connectivity index (χ4n) is 12.9. The van der Waals surface area contributed by atoms with E-state index >= 15 is 0 Å². The summed E-state index contributed by atoms with van der Waals surface area (Å²) in [6.07, 6.45) is 2.13. The van der Waals surface area contributed by atoms with E-state index in [1.807, 2.05) is 9.44 Å². The number of hydrogen-bond acceptors (Lipinski definition) is 22. The standard InChI is InChI=1S/C35H36ClF6N9O5S.C33H37ClF3N9O4S/c1-32(2)16-21(19-50(32)31(53)34(37,38)39)6-8-24(22-17-43-20-44-18-22)45-25-4-3-5-28(46-25)57(54,55)49-30(52)23-7-9-26(47-29(23)36)51-14-10-27(48-51)56-15-13-33(11-12-33)35(40,41)42;1-31(2)16-21(17-40-31)6-8-24(22-18-38-20-39-19-22)41-25-4-3-5-28(42-25)51(48,49)45-30(47)23-7-9-26(43-29(23)34)46-14-10-27(44-46)50-15-13-32(11-12-32)33(35,36)37/h3-5,7,9-10,14,17-18,20-21,24H,6,8,11-13,15-16,19H2,1-2H3,(H,45,46)(H,49,52);3-5,7,9-10,14,18-21,24,40H,6,8,11-13,15-17H2,1-2H3,(H,41,42)(H,45,47)/t2*21-,24?/m00/s1. The Labute approximate surface area is 623 Å². The number of anilines is 2. The van der Waals surface area contributed by atoms with Gasteiger partial charge in [0.15, 0.2) is 21.7 Å². The minimum Gasteiger partial charge on any atom is -0.477 e. The summed E-state index contributed by atoms with van der Waals surface area (Å²) in [6.45, 7) is 7.98. The lowest BCUT2D eigenvalue weighted by Crippen LogP contribution is -2.48. The molecule has 3 amide bonds. The highest BCUT2D eigenvalue weighted by atomic mass is 35.5. The van der Waals surface area contributed by atoms with Gasteiger partial charge in [0.05, 0.1) is 47.3 Å². The molecule has 0 bridgehead atoms. The highest BCUT2D eigenvalue weighted by Crippen LogP contribution is 2.61. The molecule has 0 radical (unpaired) electrons. The van der Waals surface area contributed by atoms with Crippen LogP contribution in [0.3, 0.4) is 0 Å². The molecular formula is C68H73Cl2F9N18O9S2. The smallest absolute Gasteiger partial charge is 0.471 e. The van der Waals surface area contributed by atoms with Gasteiger partial charge in [-0.2, -0.15) is 56.3 Å². The third-order valence-electron chi connectivity index (χ3n) is 19.2. The first-order chi connectivity index (χ1) is 50.8. The van der Waals surface area contributed by atoms with Crippen molar-refractivity contribution in [3.63, 3.8) is 0 Å². The molecule has 2 saturated heterocycles. The van der Waals surface area contributed by atoms with Gasteiger partial charge >= 0.3 is 24.4 Å². The van der Waals surface area contributed by atoms with Crippen LogP contribution in [0.25, 0.3) is 11.6 Å². The van der Waals surface area contributed by atoms with Gasteiger partial charge in [0, 0.05) is 78.1 Å². The van der Waals surface area contributed by atoms with Crippen LogP contribution in [0.1, 0.15) is 149 Å². The zero-order valence-corrected chi connectivity index (χ0v) is 61.3. The van der Waals surface area contributed by atoms with Crippen LogP contribution in [0.4, 0.5) is 51.1 Å². The number of hydrogen-bond donors (Lipinski definition) is 5. The maximum Gasteiger partial charge on any atom is 0.471 e. The maximum atomic E-state index is 13.3. The molecule has 2 unspecified atom stereocenters. The largest absolute Gasteiger partial charge is 0.477 e. The van der Waals surface area contributed by atoms with Gasteiger partial charge < -0.3 is 30.3 Å². The number of halogens is 11. The predicted molar refractivity (Wildman–Crippen MR) is 372 cm³/mol. The molecule has 0 aromatic carbocycles. The Hall–Kier alpha value is -9.40. The summed E-state index contributed by atoms with van der Waals surface area (Å²) in [5, 5.41) is 16.6. The first kappa shape index (κ1) is 79.6. The van der Waals surface area contributed by atoms with Crippen LogP contribution in [-0.2, 0) is 24.8 Å². The molecule has 4 aliphatic rings. The van der Waals surface area contributed by atoms with Crippen molar-refractivity contribution in [3.8, 4) is 23.4 Å². The third kappa shape index (κ3) is 19.5. The van der Waals surface area contributed by atoms with E-state index in [1.54, 1.807) is 32.3 Å². The molecule has 12 rings (SSSR count). The van der Waals surface area contributed by atoms with Gasteiger partial charge in [0.2, 0.25) is 11.8 Å². The summed E-state index contributed by atoms with van der Waals surface area (Å²) in [6, 6.07) is 15.7. The number of amides is 3. The van der Waals surface area contributed by atoms with Crippen molar-refractivity contribution in [1.29, 1.82) is 0 Å². The van der Waals surface area contributed by atoms with Crippen LogP contribution in [0.2, 0.25) is 10.3 Å². The first-order valence-corrected chi connectivity index (χ1v) is 37.6. The number of nitrogens with one attached hydrogen (secondary N) is 5. The van der Waals surface area contributed by atoms with Crippen molar-refractivity contribution in [2.24, 2.45) is 22.7 Å². The lowest BCUT2D eigenvalue weighted by Gasteiger charge is -2.31. The van der Waals surface area contributed by atoms with Crippen LogP contribution in [0.5, 0.6) is 11.8 Å². The van der Waals surface area contributed by atoms with Crippen molar-refractivity contribution in [1.82, 2.24) is 79.1 Å². The van der Waals surface area contributed by atoms with Crippen molar-refractivity contribution < 1.29 is 80.2 Å². The fraction of sp³-hybridized carbons (Fsp3) is 0.456. The average Bonchev–Trinajstić information content (AvgIpc) is 1.60. The first-order valence-electron chi connectivity index (χ1n) is 33.9. The Morgan fingerprint density at radius 3 is 1.39 bits per heavy atom. The van der Waals surface area contributed by atoms with Crippen molar-refractivity contribution >= 4 is 72.6 Å². The van der Waals surface area contributed by atoms with E-state index < -0.39 is 88.8 Å². The van der Waals surface area contributed by atoms with E-state index in [0.29, 0.717) is 30.7 Å². The van der Waals surface area contributed by atoms with Crippen molar-refractivity contribution in [2.45, 2.75) is 156 Å². The minimum atomic E-state index is -5.00. The Balaban J connectivity index is 0.000000216. The molecule has 0 spiro atoms. The average molecular weight is 1590 g/mol. The van der Waals surface area contributed by atoms with E-state index in [4.69, 9.17) is 32.7 Å². The molecule has 2 aliphatic heterocycles. The Bertz CT molecular complexity index is 4790. The number of sulfonamides is 2. The molecule has 8 aromatic rings. The van der Waals surface area contributed by atoms with Crippen LogP contribution >= 0.6 is 23.2 Å². The summed E-state index contributed by atoms with van der Waals surface area (Å²) < 4.78 is 189. The summed E-state index contributed by atoms with van der Waals surface area (Å²) in [5.74, 6) is -3.09. The van der Waals surface area contributed by atoms with Crippen molar-refractivity contribution in [3.05, 3.63) is 155 Å². The maximum absolute atomic E-state index is 13.3. The summed E-state index contributed by atoms with van der Waals surface area (Å²) in [4.78, 5) is 72.2. The normalized spacial score (nSPS) is 18.4. The van der Waals surface area contributed by atoms with Crippen LogP contribution < -0.4 is 34.9 Å². The second-order valence-electron chi connectivity index (χ2n) is 28.1. The van der Waals surface area contributed by atoms with Crippen molar-refractivity contribution in [2.75, 3.05) is 36.9 Å². The van der Waals surface area contributed by atoms with Gasteiger partial charge in [-0.25, -0.2) is 58.7 Å². The van der Waals surface area contributed by atoms with E-state index in [2.05, 4.69) is 79.9 Å². The predicted octanol–water partition coefficient (Wildman–Crippen LogP) is 12.1. The molecule has 4 atom stereocenters. The highest BCUT2D eigenvalue weighted by Gasteiger charge is 2.63. The van der Waals surface area contributed by atoms with Gasteiger partial charge in [-0.3, -0.25) is 14.4 Å². The number of nitrogens with zero attached hydrogens (tertiary/aromatic N) is 13. The topological polar surface area (TPSA) is 340 Å². The highest BCUT2D eigenvalue weighted by molar-refractivity contribution is 7.90. The van der Waals surface area contributed by atoms with Crippen LogP contribution in [0.15, 0.2) is 133 Å². The minimum absolute atomic E-state index is 0.0400. The third-order valence-corrected chi connectivity index (χ3v) is 22.3.